The third-order valence-corrected chi connectivity index (χ3v) is 4.65. The van der Waals surface area contributed by atoms with E-state index in [0.717, 1.165) is 31.7 Å². The maximum absolute atomic E-state index is 12.5. The highest BCUT2D eigenvalue weighted by atomic mass is 16.6. The Bertz CT molecular complexity index is 613. The molecule has 150 valence electrons. The predicted octanol–water partition coefficient (Wildman–Crippen LogP) is 3.09. The van der Waals surface area contributed by atoms with Gasteiger partial charge in [-0.05, 0) is 32.9 Å². The van der Waals surface area contributed by atoms with Gasteiger partial charge in [0.25, 0.3) is 5.91 Å². The Kier molecular flexibility index (Phi) is 7.25. The molecule has 2 aliphatic rings. The van der Waals surface area contributed by atoms with Crippen LogP contribution < -0.4 is 0 Å². The number of hydrogen-bond acceptors (Lipinski definition) is 4. The van der Waals surface area contributed by atoms with E-state index < -0.39 is 5.60 Å². The zero-order chi connectivity index (χ0) is 20.0. The molecule has 0 N–H and O–H groups in total. The van der Waals surface area contributed by atoms with Crippen molar-refractivity contribution in [3.8, 4) is 0 Å². The molecule has 1 aromatic rings. The molecule has 0 aliphatic carbocycles. The number of benzene rings is 1. The summed E-state index contributed by atoms with van der Waals surface area (Å²) in [6.07, 6.45) is -0.235. The molecule has 2 fully saturated rings. The Balaban J connectivity index is 0.00000126. The summed E-state index contributed by atoms with van der Waals surface area (Å²) in [7, 11) is 0. The molecule has 0 atom stereocenters. The lowest BCUT2D eigenvalue weighted by molar-refractivity contribution is -0.0231. The van der Waals surface area contributed by atoms with Gasteiger partial charge >= 0.3 is 6.09 Å². The van der Waals surface area contributed by atoms with Gasteiger partial charge in [-0.2, -0.15) is 0 Å². The van der Waals surface area contributed by atoms with Crippen LogP contribution >= 0.6 is 0 Å². The average Bonchev–Trinajstić information content (AvgIpc) is 2.61. The summed E-state index contributed by atoms with van der Waals surface area (Å²) in [5.41, 5.74) is 0.293. The molecule has 2 heterocycles. The third-order valence-electron chi connectivity index (χ3n) is 4.65. The summed E-state index contributed by atoms with van der Waals surface area (Å²) in [5, 5.41) is 0. The van der Waals surface area contributed by atoms with Crippen molar-refractivity contribution < 1.29 is 14.3 Å². The smallest absolute Gasteiger partial charge is 0.410 e. The summed E-state index contributed by atoms with van der Waals surface area (Å²) < 4.78 is 5.39. The minimum atomic E-state index is -0.453. The van der Waals surface area contributed by atoms with Crippen molar-refractivity contribution >= 4 is 12.0 Å². The second-order valence-corrected chi connectivity index (χ2v) is 7.73. The Morgan fingerprint density at radius 3 is 2.00 bits per heavy atom. The molecule has 1 aromatic carbocycles. The SMILES string of the molecule is CC.CC(C)(C)OC(=O)N1CC(N2CCN(C(=O)c3ccccc3)CC2)C1. The molecule has 0 bridgehead atoms. The Labute approximate surface area is 163 Å². The van der Waals surface area contributed by atoms with Crippen LogP contribution in [0.4, 0.5) is 4.79 Å². The Morgan fingerprint density at radius 2 is 1.48 bits per heavy atom. The number of likely N-dealkylation sites (tertiary alicyclic amines) is 1. The van der Waals surface area contributed by atoms with Gasteiger partial charge in [-0.3, -0.25) is 9.69 Å². The molecule has 3 rings (SSSR count). The normalized spacial score (nSPS) is 18.3. The van der Waals surface area contributed by atoms with Crippen molar-refractivity contribution in [1.29, 1.82) is 0 Å². The molecular weight excluding hydrogens is 342 g/mol. The summed E-state index contributed by atoms with van der Waals surface area (Å²) in [6, 6.07) is 9.80. The van der Waals surface area contributed by atoms with Crippen molar-refractivity contribution in [2.45, 2.75) is 46.3 Å². The topological polar surface area (TPSA) is 53.1 Å². The molecule has 0 spiro atoms. The Morgan fingerprint density at radius 1 is 0.926 bits per heavy atom. The molecule has 6 heteroatoms. The second kappa shape index (κ2) is 9.22. The van der Waals surface area contributed by atoms with Crippen LogP contribution in [-0.2, 0) is 4.74 Å². The van der Waals surface area contributed by atoms with Crippen LogP contribution in [-0.4, -0.2) is 77.6 Å². The van der Waals surface area contributed by atoms with Gasteiger partial charge in [-0.15, -0.1) is 0 Å². The minimum absolute atomic E-state index is 0.101. The molecular formula is C21H33N3O3. The fourth-order valence-corrected chi connectivity index (χ4v) is 3.22. The van der Waals surface area contributed by atoms with E-state index in [-0.39, 0.29) is 12.0 Å². The molecule has 0 radical (unpaired) electrons. The minimum Gasteiger partial charge on any atom is -0.444 e. The second-order valence-electron chi connectivity index (χ2n) is 7.73. The van der Waals surface area contributed by atoms with Crippen LogP contribution in [0.1, 0.15) is 45.0 Å². The van der Waals surface area contributed by atoms with Gasteiger partial charge in [-0.25, -0.2) is 4.79 Å². The Hall–Kier alpha value is -2.08. The van der Waals surface area contributed by atoms with Crippen LogP contribution in [0.2, 0.25) is 0 Å². The van der Waals surface area contributed by atoms with E-state index in [2.05, 4.69) is 4.90 Å². The van der Waals surface area contributed by atoms with Crippen molar-refractivity contribution in [3.63, 3.8) is 0 Å². The molecule has 2 saturated heterocycles. The van der Waals surface area contributed by atoms with Gasteiger partial charge in [0.2, 0.25) is 0 Å². The lowest BCUT2D eigenvalue weighted by Gasteiger charge is -2.47. The van der Waals surface area contributed by atoms with Crippen molar-refractivity contribution in [2.75, 3.05) is 39.3 Å². The molecule has 2 amide bonds. The highest BCUT2D eigenvalue weighted by Gasteiger charge is 2.38. The lowest BCUT2D eigenvalue weighted by Crippen LogP contribution is -2.64. The van der Waals surface area contributed by atoms with Crippen molar-refractivity contribution in [1.82, 2.24) is 14.7 Å². The monoisotopic (exact) mass is 375 g/mol. The zero-order valence-corrected chi connectivity index (χ0v) is 17.3. The number of ether oxygens (including phenoxy) is 1. The summed E-state index contributed by atoms with van der Waals surface area (Å²) >= 11 is 0. The van der Waals surface area contributed by atoms with Crippen LogP contribution in [0.25, 0.3) is 0 Å². The largest absolute Gasteiger partial charge is 0.444 e. The number of carbonyl (C=O) groups excluding carboxylic acids is 2. The first-order chi connectivity index (χ1) is 12.8. The first kappa shape index (κ1) is 21.2. The maximum atomic E-state index is 12.5. The van der Waals surface area contributed by atoms with Gasteiger partial charge in [0.15, 0.2) is 0 Å². The first-order valence-electron chi connectivity index (χ1n) is 9.90. The third kappa shape index (κ3) is 5.70. The van der Waals surface area contributed by atoms with Crippen molar-refractivity contribution in [3.05, 3.63) is 35.9 Å². The number of rotatable bonds is 2. The summed E-state index contributed by atoms with van der Waals surface area (Å²) in [4.78, 5) is 30.5. The van der Waals surface area contributed by atoms with Crippen LogP contribution in [0, 0.1) is 0 Å². The fraction of sp³-hybridized carbons (Fsp3) is 0.619. The van der Waals surface area contributed by atoms with E-state index in [9.17, 15) is 9.59 Å². The number of amides is 2. The summed E-state index contributed by atoms with van der Waals surface area (Å²) in [5.74, 6) is 0.101. The van der Waals surface area contributed by atoms with Crippen molar-refractivity contribution in [2.24, 2.45) is 0 Å². The molecule has 0 unspecified atom stereocenters. The number of nitrogens with zero attached hydrogens (tertiary/aromatic N) is 3. The average molecular weight is 376 g/mol. The lowest BCUT2D eigenvalue weighted by atomic mass is 10.1. The quantitative estimate of drug-likeness (QED) is 0.797. The van der Waals surface area contributed by atoms with Crippen LogP contribution in [0.3, 0.4) is 0 Å². The molecule has 27 heavy (non-hydrogen) atoms. The number of carbonyl (C=O) groups is 2. The standard InChI is InChI=1S/C19H27N3O3.C2H6/c1-19(2,3)25-18(24)22-13-16(14-22)20-9-11-21(12-10-20)17(23)15-7-5-4-6-8-15;1-2/h4-8,16H,9-14H2,1-3H3;1-2H3. The van der Waals surface area contributed by atoms with E-state index in [1.165, 1.54) is 0 Å². The van der Waals surface area contributed by atoms with Gasteiger partial charge in [0.1, 0.15) is 5.60 Å². The molecule has 0 saturated carbocycles. The van der Waals surface area contributed by atoms with E-state index in [1.807, 2.05) is 69.9 Å². The van der Waals surface area contributed by atoms with Gasteiger partial charge in [0, 0.05) is 50.9 Å². The van der Waals surface area contributed by atoms with E-state index in [4.69, 9.17) is 4.74 Å². The first-order valence-corrected chi connectivity index (χ1v) is 9.90. The van der Waals surface area contributed by atoms with Crippen LogP contribution in [0.15, 0.2) is 30.3 Å². The summed E-state index contributed by atoms with van der Waals surface area (Å²) in [6.45, 7) is 14.2. The molecule has 2 aliphatic heterocycles. The van der Waals surface area contributed by atoms with Gasteiger partial charge in [-0.1, -0.05) is 32.0 Å². The van der Waals surface area contributed by atoms with E-state index in [1.54, 1.807) is 4.90 Å². The van der Waals surface area contributed by atoms with Crippen LogP contribution in [0.5, 0.6) is 0 Å². The fourth-order valence-electron chi connectivity index (χ4n) is 3.22. The highest BCUT2D eigenvalue weighted by molar-refractivity contribution is 5.94. The van der Waals surface area contributed by atoms with Gasteiger partial charge < -0.3 is 14.5 Å². The molecule has 6 nitrogen and oxygen atoms in total. The maximum Gasteiger partial charge on any atom is 0.410 e. The molecule has 0 aromatic heterocycles. The predicted molar refractivity (Wildman–Crippen MR) is 107 cm³/mol. The van der Waals surface area contributed by atoms with E-state index >= 15 is 0 Å². The number of piperazine rings is 1. The number of hydrogen-bond donors (Lipinski definition) is 0. The van der Waals surface area contributed by atoms with Gasteiger partial charge in [0.05, 0.1) is 0 Å². The highest BCUT2D eigenvalue weighted by Crippen LogP contribution is 2.20. The zero-order valence-electron chi connectivity index (χ0n) is 17.3. The van der Waals surface area contributed by atoms with E-state index in [0.29, 0.717) is 19.1 Å².